The van der Waals surface area contributed by atoms with E-state index in [1.807, 2.05) is 6.92 Å². The maximum atomic E-state index is 11.4. The first-order chi connectivity index (χ1) is 8.97. The van der Waals surface area contributed by atoms with E-state index in [0.29, 0.717) is 12.8 Å². The first-order valence-corrected chi connectivity index (χ1v) is 7.44. The first-order valence-electron chi connectivity index (χ1n) is 7.44. The van der Waals surface area contributed by atoms with Crippen molar-refractivity contribution in [3.05, 3.63) is 0 Å². The normalized spacial score (nSPS) is 13.2. The smallest absolute Gasteiger partial charge is 0.321 e. The van der Waals surface area contributed by atoms with Crippen molar-refractivity contribution >= 4 is 11.9 Å². The van der Waals surface area contributed by atoms with Gasteiger partial charge in [0.2, 0.25) is 0 Å². The molecule has 0 radical (unpaired) electrons. The summed E-state index contributed by atoms with van der Waals surface area (Å²) in [6.07, 6.45) is 6.91. The number of carboxylic acids is 2. The lowest BCUT2D eigenvalue weighted by atomic mass is 9.70. The SMILES string of the molecule is CCCCCCCC(CC)C(CC)(C(=O)O)C(=O)O. The van der Waals surface area contributed by atoms with Crippen molar-refractivity contribution in [2.24, 2.45) is 11.3 Å². The largest absolute Gasteiger partial charge is 0.480 e. The van der Waals surface area contributed by atoms with E-state index in [4.69, 9.17) is 0 Å². The third-order valence-corrected chi connectivity index (χ3v) is 4.17. The van der Waals surface area contributed by atoms with Gasteiger partial charge in [-0.2, -0.15) is 0 Å². The minimum absolute atomic E-state index is 0.144. The van der Waals surface area contributed by atoms with Crippen molar-refractivity contribution in [1.82, 2.24) is 0 Å². The molecule has 1 atom stereocenters. The van der Waals surface area contributed by atoms with Gasteiger partial charge in [0.05, 0.1) is 0 Å². The Labute approximate surface area is 116 Å². The van der Waals surface area contributed by atoms with Crippen LogP contribution in [0.25, 0.3) is 0 Å². The molecule has 0 fully saturated rings. The summed E-state index contributed by atoms with van der Waals surface area (Å²) in [5, 5.41) is 18.7. The molecule has 19 heavy (non-hydrogen) atoms. The van der Waals surface area contributed by atoms with E-state index >= 15 is 0 Å². The predicted molar refractivity (Wildman–Crippen MR) is 75.2 cm³/mol. The molecule has 0 aromatic carbocycles. The molecule has 0 aliphatic rings. The highest BCUT2D eigenvalue weighted by atomic mass is 16.4. The van der Waals surface area contributed by atoms with Crippen molar-refractivity contribution in [2.45, 2.75) is 72.1 Å². The Morgan fingerprint density at radius 1 is 0.947 bits per heavy atom. The zero-order valence-electron chi connectivity index (χ0n) is 12.4. The van der Waals surface area contributed by atoms with Crippen LogP contribution in [0.1, 0.15) is 72.1 Å². The van der Waals surface area contributed by atoms with Gasteiger partial charge in [0.1, 0.15) is 0 Å². The summed E-state index contributed by atoms with van der Waals surface area (Å²) < 4.78 is 0. The van der Waals surface area contributed by atoms with Gasteiger partial charge in [-0.1, -0.05) is 59.3 Å². The van der Waals surface area contributed by atoms with Crippen LogP contribution in [-0.2, 0) is 9.59 Å². The van der Waals surface area contributed by atoms with E-state index in [1.54, 1.807) is 6.92 Å². The van der Waals surface area contributed by atoms with Gasteiger partial charge < -0.3 is 10.2 Å². The molecule has 0 aromatic rings. The Morgan fingerprint density at radius 2 is 1.47 bits per heavy atom. The molecule has 0 bridgehead atoms. The van der Waals surface area contributed by atoms with Crippen molar-refractivity contribution < 1.29 is 19.8 Å². The topological polar surface area (TPSA) is 74.6 Å². The average Bonchev–Trinajstić information content (AvgIpc) is 2.36. The molecule has 0 aliphatic carbocycles. The van der Waals surface area contributed by atoms with Crippen LogP contribution < -0.4 is 0 Å². The Kier molecular flexibility index (Phi) is 8.44. The lowest BCUT2D eigenvalue weighted by Gasteiger charge is -2.32. The van der Waals surface area contributed by atoms with Crippen LogP contribution >= 0.6 is 0 Å². The second kappa shape index (κ2) is 8.94. The highest BCUT2D eigenvalue weighted by Gasteiger charge is 2.50. The molecule has 4 heteroatoms. The van der Waals surface area contributed by atoms with Crippen LogP contribution in [0, 0.1) is 11.3 Å². The van der Waals surface area contributed by atoms with Gasteiger partial charge in [-0.15, -0.1) is 0 Å². The van der Waals surface area contributed by atoms with Gasteiger partial charge in [0.15, 0.2) is 5.41 Å². The van der Waals surface area contributed by atoms with E-state index < -0.39 is 17.4 Å². The monoisotopic (exact) mass is 272 g/mol. The molecule has 0 saturated carbocycles. The summed E-state index contributed by atoms with van der Waals surface area (Å²) in [5.74, 6) is -2.67. The maximum absolute atomic E-state index is 11.4. The standard InChI is InChI=1S/C15H28O4/c1-4-7-8-9-10-11-12(5-2)15(6-3,13(16)17)14(18)19/h12H,4-11H2,1-3H3,(H,16,17)(H,18,19). The summed E-state index contributed by atoms with van der Waals surface area (Å²) in [6, 6.07) is 0. The molecule has 0 saturated heterocycles. The summed E-state index contributed by atoms with van der Waals surface area (Å²) in [5.41, 5.74) is -1.61. The molecular formula is C15H28O4. The molecular weight excluding hydrogens is 244 g/mol. The highest BCUT2D eigenvalue weighted by molar-refractivity contribution is 5.98. The number of aliphatic carboxylic acids is 2. The van der Waals surface area contributed by atoms with Crippen molar-refractivity contribution in [3.8, 4) is 0 Å². The summed E-state index contributed by atoms with van der Waals surface area (Å²) in [7, 11) is 0. The Balaban J connectivity index is 4.68. The van der Waals surface area contributed by atoms with Crippen molar-refractivity contribution in [2.75, 3.05) is 0 Å². The minimum atomic E-state index is -1.61. The van der Waals surface area contributed by atoms with Gasteiger partial charge in [-0.3, -0.25) is 9.59 Å². The lowest BCUT2D eigenvalue weighted by Crippen LogP contribution is -2.45. The quantitative estimate of drug-likeness (QED) is 0.441. The van der Waals surface area contributed by atoms with Gasteiger partial charge in [-0.25, -0.2) is 0 Å². The fourth-order valence-electron chi connectivity index (χ4n) is 2.83. The summed E-state index contributed by atoms with van der Waals surface area (Å²) in [6.45, 7) is 5.68. The molecule has 0 amide bonds. The van der Waals surface area contributed by atoms with Crippen molar-refractivity contribution in [1.29, 1.82) is 0 Å². The van der Waals surface area contributed by atoms with E-state index in [2.05, 4.69) is 6.92 Å². The van der Waals surface area contributed by atoms with E-state index in [1.165, 1.54) is 12.8 Å². The fourth-order valence-corrected chi connectivity index (χ4v) is 2.83. The molecule has 4 nitrogen and oxygen atoms in total. The minimum Gasteiger partial charge on any atom is -0.480 e. The first kappa shape index (κ1) is 17.9. The average molecular weight is 272 g/mol. The van der Waals surface area contributed by atoms with E-state index in [9.17, 15) is 19.8 Å². The Hall–Kier alpha value is -1.06. The number of hydrogen-bond donors (Lipinski definition) is 2. The molecule has 1 unspecified atom stereocenters. The number of carboxylic acid groups (broad SMARTS) is 2. The van der Waals surface area contributed by atoms with E-state index in [-0.39, 0.29) is 12.3 Å². The fraction of sp³-hybridized carbons (Fsp3) is 0.867. The number of carbonyl (C=O) groups is 2. The van der Waals surface area contributed by atoms with Gasteiger partial charge in [0.25, 0.3) is 0 Å². The van der Waals surface area contributed by atoms with Crippen LogP contribution in [0.15, 0.2) is 0 Å². The zero-order valence-corrected chi connectivity index (χ0v) is 12.4. The van der Waals surface area contributed by atoms with Gasteiger partial charge in [0, 0.05) is 0 Å². The molecule has 112 valence electrons. The third kappa shape index (κ3) is 4.51. The van der Waals surface area contributed by atoms with Crippen LogP contribution in [0.3, 0.4) is 0 Å². The number of rotatable bonds is 11. The van der Waals surface area contributed by atoms with Crippen LogP contribution in [0.4, 0.5) is 0 Å². The number of hydrogen-bond acceptors (Lipinski definition) is 2. The molecule has 0 rings (SSSR count). The lowest BCUT2D eigenvalue weighted by molar-refractivity contribution is -0.170. The number of unbranched alkanes of at least 4 members (excludes halogenated alkanes) is 4. The second-order valence-electron chi connectivity index (χ2n) is 5.24. The Morgan fingerprint density at radius 3 is 1.84 bits per heavy atom. The predicted octanol–water partition coefficient (Wildman–Crippen LogP) is 3.94. The third-order valence-electron chi connectivity index (χ3n) is 4.17. The molecule has 0 aromatic heterocycles. The zero-order chi connectivity index (χ0) is 14.9. The summed E-state index contributed by atoms with van der Waals surface area (Å²) in [4.78, 5) is 22.9. The van der Waals surface area contributed by atoms with Crippen LogP contribution in [0.2, 0.25) is 0 Å². The second-order valence-corrected chi connectivity index (χ2v) is 5.24. The van der Waals surface area contributed by atoms with Gasteiger partial charge >= 0.3 is 11.9 Å². The van der Waals surface area contributed by atoms with Gasteiger partial charge in [-0.05, 0) is 18.8 Å². The molecule has 0 heterocycles. The highest BCUT2D eigenvalue weighted by Crippen LogP contribution is 2.38. The Bertz CT molecular complexity index is 272. The maximum Gasteiger partial charge on any atom is 0.321 e. The molecule has 0 spiro atoms. The molecule has 2 N–H and O–H groups in total. The summed E-state index contributed by atoms with van der Waals surface area (Å²) >= 11 is 0. The molecule has 0 aliphatic heterocycles. The van der Waals surface area contributed by atoms with Crippen molar-refractivity contribution in [3.63, 3.8) is 0 Å². The van der Waals surface area contributed by atoms with E-state index in [0.717, 1.165) is 19.3 Å². The van der Waals surface area contributed by atoms with Crippen LogP contribution in [-0.4, -0.2) is 22.2 Å². The van der Waals surface area contributed by atoms with Crippen LogP contribution in [0.5, 0.6) is 0 Å².